The zero-order valence-corrected chi connectivity index (χ0v) is 15.5. The van der Waals surface area contributed by atoms with E-state index in [1.165, 1.54) is 0 Å². The Morgan fingerprint density at radius 1 is 1.54 bits per heavy atom. The number of hydrogen-bond donors (Lipinski definition) is 1. The van der Waals surface area contributed by atoms with Crippen LogP contribution in [0.15, 0.2) is 29.5 Å². The molecule has 0 spiro atoms. The molecule has 3 rings (SSSR count). The van der Waals surface area contributed by atoms with Crippen molar-refractivity contribution in [1.82, 2.24) is 20.0 Å². The Morgan fingerprint density at radius 2 is 2.42 bits per heavy atom. The SMILES string of the molecule is CCNC(=NCc1ccc(Cl)s1)N1CCOC(c2cnn(C)c2)C1. The van der Waals surface area contributed by atoms with Crippen LogP contribution in [0.25, 0.3) is 0 Å². The summed E-state index contributed by atoms with van der Waals surface area (Å²) in [7, 11) is 1.92. The third kappa shape index (κ3) is 4.28. The molecule has 8 heteroatoms. The average molecular weight is 368 g/mol. The van der Waals surface area contributed by atoms with Crippen molar-refractivity contribution in [3.63, 3.8) is 0 Å². The lowest BCUT2D eigenvalue weighted by Crippen LogP contribution is -2.48. The van der Waals surface area contributed by atoms with Crippen LogP contribution in [0.5, 0.6) is 0 Å². The lowest BCUT2D eigenvalue weighted by atomic mass is 10.1. The number of thiophene rings is 1. The number of nitrogens with zero attached hydrogens (tertiary/aromatic N) is 4. The van der Waals surface area contributed by atoms with Crippen LogP contribution in [0.1, 0.15) is 23.5 Å². The third-order valence-electron chi connectivity index (χ3n) is 3.81. The minimum Gasteiger partial charge on any atom is -0.370 e. The molecule has 0 radical (unpaired) electrons. The molecule has 1 saturated heterocycles. The number of halogens is 1. The van der Waals surface area contributed by atoms with Gasteiger partial charge in [-0.3, -0.25) is 4.68 Å². The van der Waals surface area contributed by atoms with Crippen LogP contribution in [-0.4, -0.2) is 46.9 Å². The van der Waals surface area contributed by atoms with Gasteiger partial charge in [-0.05, 0) is 19.1 Å². The molecule has 0 bridgehead atoms. The van der Waals surface area contributed by atoms with Gasteiger partial charge in [-0.1, -0.05) is 11.6 Å². The van der Waals surface area contributed by atoms with Gasteiger partial charge < -0.3 is 15.0 Å². The zero-order chi connectivity index (χ0) is 16.9. The van der Waals surface area contributed by atoms with E-state index in [9.17, 15) is 0 Å². The summed E-state index contributed by atoms with van der Waals surface area (Å²) in [5.74, 6) is 0.916. The number of hydrogen-bond acceptors (Lipinski definition) is 4. The van der Waals surface area contributed by atoms with Crippen molar-refractivity contribution in [2.45, 2.75) is 19.6 Å². The van der Waals surface area contributed by atoms with E-state index in [1.54, 1.807) is 16.0 Å². The van der Waals surface area contributed by atoms with Crippen molar-refractivity contribution in [2.24, 2.45) is 12.0 Å². The molecule has 1 N–H and O–H groups in total. The van der Waals surface area contributed by atoms with E-state index in [0.717, 1.165) is 40.4 Å². The summed E-state index contributed by atoms with van der Waals surface area (Å²) in [6.07, 6.45) is 3.89. The van der Waals surface area contributed by atoms with E-state index in [0.29, 0.717) is 13.2 Å². The fourth-order valence-corrected chi connectivity index (χ4v) is 3.68. The van der Waals surface area contributed by atoms with Crippen molar-refractivity contribution >= 4 is 28.9 Å². The van der Waals surface area contributed by atoms with E-state index < -0.39 is 0 Å². The Bertz CT molecular complexity index is 698. The summed E-state index contributed by atoms with van der Waals surface area (Å²) in [4.78, 5) is 8.17. The molecular formula is C16H22ClN5OS. The van der Waals surface area contributed by atoms with Crippen LogP contribution < -0.4 is 5.32 Å². The number of rotatable bonds is 4. The first kappa shape index (κ1) is 17.3. The van der Waals surface area contributed by atoms with Gasteiger partial charge in [-0.2, -0.15) is 5.10 Å². The molecule has 3 heterocycles. The first-order valence-electron chi connectivity index (χ1n) is 8.03. The lowest BCUT2D eigenvalue weighted by Gasteiger charge is -2.34. The van der Waals surface area contributed by atoms with Gasteiger partial charge in [-0.15, -0.1) is 11.3 Å². The van der Waals surface area contributed by atoms with Gasteiger partial charge >= 0.3 is 0 Å². The second kappa shape index (κ2) is 8.00. The maximum Gasteiger partial charge on any atom is 0.194 e. The number of nitrogens with one attached hydrogen (secondary N) is 1. The molecule has 24 heavy (non-hydrogen) atoms. The van der Waals surface area contributed by atoms with Crippen LogP contribution in [-0.2, 0) is 18.3 Å². The zero-order valence-electron chi connectivity index (χ0n) is 13.9. The average Bonchev–Trinajstić information content (AvgIpc) is 3.20. The third-order valence-corrected chi connectivity index (χ3v) is 5.03. The summed E-state index contributed by atoms with van der Waals surface area (Å²) in [5.41, 5.74) is 1.10. The standard InChI is InChI=1S/C16H22ClN5OS/c1-3-18-16(19-9-13-4-5-15(17)24-13)22-6-7-23-14(11-22)12-8-20-21(2)10-12/h4-5,8,10,14H,3,6-7,9,11H2,1-2H3,(H,18,19). The normalized spacial score (nSPS) is 18.9. The molecule has 0 amide bonds. The summed E-state index contributed by atoms with van der Waals surface area (Å²) in [5, 5.41) is 7.62. The number of aliphatic imine (C=N–C) groups is 1. The number of guanidine groups is 1. The van der Waals surface area contributed by atoms with Crippen molar-refractivity contribution in [1.29, 1.82) is 0 Å². The van der Waals surface area contributed by atoms with Crippen molar-refractivity contribution < 1.29 is 4.74 Å². The molecule has 0 aromatic carbocycles. The Kier molecular flexibility index (Phi) is 5.76. The Hall–Kier alpha value is -1.57. The predicted octanol–water partition coefficient (Wildman–Crippen LogP) is 2.67. The number of aromatic nitrogens is 2. The topological polar surface area (TPSA) is 54.7 Å². The predicted molar refractivity (Wildman–Crippen MR) is 97.6 cm³/mol. The fourth-order valence-electron chi connectivity index (χ4n) is 2.67. The van der Waals surface area contributed by atoms with Crippen molar-refractivity contribution in [3.8, 4) is 0 Å². The molecule has 1 aliphatic rings. The molecule has 130 valence electrons. The molecule has 6 nitrogen and oxygen atoms in total. The highest BCUT2D eigenvalue weighted by Crippen LogP contribution is 2.23. The second-order valence-electron chi connectivity index (χ2n) is 5.63. The summed E-state index contributed by atoms with van der Waals surface area (Å²) < 4.78 is 8.51. The summed E-state index contributed by atoms with van der Waals surface area (Å²) in [6, 6.07) is 3.94. The van der Waals surface area contributed by atoms with Crippen molar-refractivity contribution in [2.75, 3.05) is 26.2 Å². The highest BCUT2D eigenvalue weighted by atomic mass is 35.5. The van der Waals surface area contributed by atoms with E-state index in [1.807, 2.05) is 31.6 Å². The Balaban J connectivity index is 1.70. The van der Waals surface area contributed by atoms with Gasteiger partial charge in [0.25, 0.3) is 0 Å². The van der Waals surface area contributed by atoms with E-state index in [-0.39, 0.29) is 6.10 Å². The highest BCUT2D eigenvalue weighted by Gasteiger charge is 2.25. The van der Waals surface area contributed by atoms with E-state index in [4.69, 9.17) is 21.3 Å². The maximum absolute atomic E-state index is 5.99. The number of morpholine rings is 1. The van der Waals surface area contributed by atoms with Crippen LogP contribution in [0, 0.1) is 0 Å². The highest BCUT2D eigenvalue weighted by molar-refractivity contribution is 7.16. The molecule has 1 atom stereocenters. The molecule has 0 saturated carbocycles. The van der Waals surface area contributed by atoms with Gasteiger partial charge in [-0.25, -0.2) is 4.99 Å². The van der Waals surface area contributed by atoms with E-state index in [2.05, 4.69) is 22.2 Å². The Labute approximate surface area is 151 Å². The minimum absolute atomic E-state index is 0.0208. The van der Waals surface area contributed by atoms with Gasteiger partial charge in [0.15, 0.2) is 5.96 Å². The lowest BCUT2D eigenvalue weighted by molar-refractivity contribution is -0.00805. The molecule has 2 aromatic rings. The first-order chi connectivity index (χ1) is 11.7. The molecule has 1 unspecified atom stereocenters. The van der Waals surface area contributed by atoms with Gasteiger partial charge in [0, 0.05) is 36.8 Å². The summed E-state index contributed by atoms with van der Waals surface area (Å²) >= 11 is 7.57. The monoisotopic (exact) mass is 367 g/mol. The van der Waals surface area contributed by atoms with Crippen LogP contribution in [0.2, 0.25) is 4.34 Å². The van der Waals surface area contributed by atoms with E-state index >= 15 is 0 Å². The molecule has 1 fully saturated rings. The number of ether oxygens (including phenoxy) is 1. The van der Waals surface area contributed by atoms with Gasteiger partial charge in [0.05, 0.1) is 30.2 Å². The minimum atomic E-state index is 0.0208. The first-order valence-corrected chi connectivity index (χ1v) is 9.22. The molecule has 0 aliphatic carbocycles. The van der Waals surface area contributed by atoms with Crippen LogP contribution >= 0.6 is 22.9 Å². The molecule has 2 aromatic heterocycles. The molecule has 1 aliphatic heterocycles. The number of aryl methyl sites for hydroxylation is 1. The maximum atomic E-state index is 5.99. The second-order valence-corrected chi connectivity index (χ2v) is 7.43. The van der Waals surface area contributed by atoms with Crippen LogP contribution in [0.4, 0.5) is 0 Å². The Morgan fingerprint density at radius 3 is 3.08 bits per heavy atom. The van der Waals surface area contributed by atoms with Gasteiger partial charge in [0.1, 0.15) is 6.10 Å². The largest absolute Gasteiger partial charge is 0.370 e. The smallest absolute Gasteiger partial charge is 0.194 e. The van der Waals surface area contributed by atoms with Crippen LogP contribution in [0.3, 0.4) is 0 Å². The van der Waals surface area contributed by atoms with Crippen molar-refractivity contribution in [3.05, 3.63) is 39.3 Å². The van der Waals surface area contributed by atoms with Gasteiger partial charge in [0.2, 0.25) is 0 Å². The fraction of sp³-hybridized carbons (Fsp3) is 0.500. The molecular weight excluding hydrogens is 346 g/mol. The quantitative estimate of drug-likeness (QED) is 0.666. The summed E-state index contributed by atoms with van der Waals surface area (Å²) in [6.45, 7) is 5.81.